The summed E-state index contributed by atoms with van der Waals surface area (Å²) in [6.45, 7) is 1.78. The Morgan fingerprint density at radius 2 is 1.87 bits per heavy atom. The third kappa shape index (κ3) is 4.37. The number of anilines is 1. The summed E-state index contributed by atoms with van der Waals surface area (Å²) in [6.07, 6.45) is 4.38. The van der Waals surface area contributed by atoms with Gasteiger partial charge in [0.05, 0.1) is 16.0 Å². The Balaban J connectivity index is 1.60. The molecule has 2 aromatic carbocycles. The molecule has 1 aromatic heterocycles. The summed E-state index contributed by atoms with van der Waals surface area (Å²) in [6, 6.07) is 14.0. The first kappa shape index (κ1) is 20.9. The molecule has 156 valence electrons. The molecule has 1 aliphatic carbocycles. The largest absolute Gasteiger partial charge is 0.323 e. The van der Waals surface area contributed by atoms with Gasteiger partial charge in [0, 0.05) is 11.6 Å². The van der Waals surface area contributed by atoms with Crippen molar-refractivity contribution >= 4 is 35.0 Å². The lowest BCUT2D eigenvalue weighted by atomic mass is 10.2. The van der Waals surface area contributed by atoms with Gasteiger partial charge in [0.1, 0.15) is 5.82 Å². The number of rotatable bonds is 6. The number of nitrogens with zero attached hydrogens (tertiary/aromatic N) is 3. The van der Waals surface area contributed by atoms with Crippen molar-refractivity contribution in [2.24, 2.45) is 0 Å². The van der Waals surface area contributed by atoms with Crippen LogP contribution in [0, 0.1) is 5.82 Å². The first-order valence-corrected chi connectivity index (χ1v) is 11.2. The van der Waals surface area contributed by atoms with Crippen LogP contribution in [0.4, 0.5) is 10.1 Å². The normalized spacial score (nSPS) is 15.3. The second kappa shape index (κ2) is 9.18. The average molecular weight is 445 g/mol. The molecule has 0 aliphatic heterocycles. The fourth-order valence-electron chi connectivity index (χ4n) is 3.68. The maximum absolute atomic E-state index is 13.9. The van der Waals surface area contributed by atoms with Crippen LogP contribution >= 0.6 is 23.4 Å². The Morgan fingerprint density at radius 1 is 1.17 bits per heavy atom. The second-order valence-electron chi connectivity index (χ2n) is 7.32. The van der Waals surface area contributed by atoms with E-state index in [0.29, 0.717) is 10.2 Å². The van der Waals surface area contributed by atoms with Crippen LogP contribution in [0.15, 0.2) is 53.7 Å². The van der Waals surface area contributed by atoms with Crippen LogP contribution in [-0.4, -0.2) is 25.9 Å². The molecule has 0 radical (unpaired) electrons. The number of halogens is 2. The van der Waals surface area contributed by atoms with E-state index in [1.807, 2.05) is 24.3 Å². The van der Waals surface area contributed by atoms with Crippen LogP contribution < -0.4 is 5.32 Å². The highest BCUT2D eigenvalue weighted by atomic mass is 35.5. The first-order chi connectivity index (χ1) is 14.5. The fourth-order valence-corrected chi connectivity index (χ4v) is 4.82. The number of para-hydroxylation sites is 1. The van der Waals surface area contributed by atoms with Crippen molar-refractivity contribution < 1.29 is 9.18 Å². The lowest BCUT2D eigenvalue weighted by Crippen LogP contribution is -2.23. The first-order valence-electron chi connectivity index (χ1n) is 9.96. The summed E-state index contributed by atoms with van der Waals surface area (Å²) < 4.78 is 16.0. The van der Waals surface area contributed by atoms with Gasteiger partial charge in [0.15, 0.2) is 11.0 Å². The molecular weight excluding hydrogens is 423 g/mol. The van der Waals surface area contributed by atoms with Gasteiger partial charge < -0.3 is 5.32 Å². The van der Waals surface area contributed by atoms with Crippen molar-refractivity contribution in [1.29, 1.82) is 0 Å². The standard InChI is InChI=1S/C22H22ClFN4OS/c1-14(21(29)25-19-13-7-6-12-18(19)24)30-22-27-26-20(16-10-4-5-11-17(16)23)28(22)15-8-2-3-9-15/h4-7,10-15H,2-3,8-9H2,1H3,(H,25,29)/t14-/m0/s1. The number of nitrogens with one attached hydrogen (secondary N) is 1. The molecule has 1 amide bonds. The highest BCUT2D eigenvalue weighted by Crippen LogP contribution is 2.39. The van der Waals surface area contributed by atoms with Gasteiger partial charge in [-0.3, -0.25) is 9.36 Å². The van der Waals surface area contributed by atoms with Gasteiger partial charge in [-0.05, 0) is 44.0 Å². The predicted molar refractivity (Wildman–Crippen MR) is 118 cm³/mol. The predicted octanol–water partition coefficient (Wildman–Crippen LogP) is 5.97. The Bertz CT molecular complexity index is 1050. The van der Waals surface area contributed by atoms with Crippen molar-refractivity contribution in [3.63, 3.8) is 0 Å². The topological polar surface area (TPSA) is 59.8 Å². The molecular formula is C22H22ClFN4OS. The van der Waals surface area contributed by atoms with Crippen molar-refractivity contribution in [3.05, 3.63) is 59.4 Å². The Labute approximate surface area is 184 Å². The Kier molecular flexibility index (Phi) is 6.39. The van der Waals surface area contributed by atoms with Crippen LogP contribution in [0.1, 0.15) is 38.6 Å². The molecule has 0 spiro atoms. The lowest BCUT2D eigenvalue weighted by Gasteiger charge is -2.19. The van der Waals surface area contributed by atoms with E-state index in [1.54, 1.807) is 25.1 Å². The minimum absolute atomic E-state index is 0.170. The third-order valence-electron chi connectivity index (χ3n) is 5.25. The molecule has 4 rings (SSSR count). The van der Waals surface area contributed by atoms with Crippen molar-refractivity contribution in [1.82, 2.24) is 14.8 Å². The number of hydrogen-bond donors (Lipinski definition) is 1. The third-order valence-corrected chi connectivity index (χ3v) is 6.64. The van der Waals surface area contributed by atoms with E-state index in [-0.39, 0.29) is 17.6 Å². The minimum atomic E-state index is -0.479. The number of aromatic nitrogens is 3. The number of hydrogen-bond acceptors (Lipinski definition) is 4. The smallest absolute Gasteiger partial charge is 0.237 e. The lowest BCUT2D eigenvalue weighted by molar-refractivity contribution is -0.115. The summed E-state index contributed by atoms with van der Waals surface area (Å²) >= 11 is 7.74. The van der Waals surface area contributed by atoms with Crippen LogP contribution in [-0.2, 0) is 4.79 Å². The summed E-state index contributed by atoms with van der Waals surface area (Å²) in [7, 11) is 0. The van der Waals surface area contributed by atoms with Gasteiger partial charge in [0.25, 0.3) is 0 Å². The molecule has 8 heteroatoms. The van der Waals surface area contributed by atoms with E-state index in [1.165, 1.54) is 17.8 Å². The zero-order valence-corrected chi connectivity index (χ0v) is 18.1. The average Bonchev–Trinajstić information content (AvgIpc) is 3.40. The molecule has 1 aliphatic rings. The summed E-state index contributed by atoms with van der Waals surface area (Å²) in [4.78, 5) is 12.7. The monoisotopic (exact) mass is 444 g/mol. The molecule has 0 unspecified atom stereocenters. The maximum atomic E-state index is 13.9. The van der Waals surface area contributed by atoms with Crippen molar-refractivity contribution in [2.75, 3.05) is 5.32 Å². The quantitative estimate of drug-likeness (QED) is 0.475. The number of carbonyl (C=O) groups excluding carboxylic acids is 1. The van der Waals surface area contributed by atoms with E-state index >= 15 is 0 Å². The van der Waals surface area contributed by atoms with E-state index in [9.17, 15) is 9.18 Å². The molecule has 1 fully saturated rings. The van der Waals surface area contributed by atoms with E-state index in [2.05, 4.69) is 20.1 Å². The maximum Gasteiger partial charge on any atom is 0.237 e. The van der Waals surface area contributed by atoms with Crippen molar-refractivity contribution in [2.45, 2.75) is 49.1 Å². The van der Waals surface area contributed by atoms with Gasteiger partial charge in [-0.2, -0.15) is 0 Å². The molecule has 0 saturated heterocycles. The molecule has 1 atom stereocenters. The van der Waals surface area contributed by atoms with E-state index in [0.717, 1.165) is 37.1 Å². The highest BCUT2D eigenvalue weighted by Gasteiger charge is 2.28. The molecule has 1 saturated carbocycles. The summed E-state index contributed by atoms with van der Waals surface area (Å²) in [5, 5.41) is 12.3. The molecule has 1 N–H and O–H groups in total. The van der Waals surface area contributed by atoms with Gasteiger partial charge in [-0.25, -0.2) is 4.39 Å². The van der Waals surface area contributed by atoms with Gasteiger partial charge in [-0.15, -0.1) is 10.2 Å². The summed E-state index contributed by atoms with van der Waals surface area (Å²) in [5.74, 6) is -0.0275. The minimum Gasteiger partial charge on any atom is -0.323 e. The number of benzene rings is 2. The molecule has 1 heterocycles. The molecule has 5 nitrogen and oxygen atoms in total. The zero-order valence-electron chi connectivity index (χ0n) is 16.5. The Morgan fingerprint density at radius 3 is 2.60 bits per heavy atom. The van der Waals surface area contributed by atoms with E-state index < -0.39 is 11.1 Å². The highest BCUT2D eigenvalue weighted by molar-refractivity contribution is 8.00. The SMILES string of the molecule is C[C@H](Sc1nnc(-c2ccccc2Cl)n1C1CCCC1)C(=O)Nc1ccccc1F. The number of amides is 1. The van der Waals surface area contributed by atoms with Gasteiger partial charge in [0.2, 0.25) is 5.91 Å². The molecule has 3 aromatic rings. The second-order valence-corrected chi connectivity index (χ2v) is 9.04. The molecule has 30 heavy (non-hydrogen) atoms. The van der Waals surface area contributed by atoms with Crippen LogP contribution in [0.5, 0.6) is 0 Å². The summed E-state index contributed by atoms with van der Waals surface area (Å²) in [5.41, 5.74) is 0.998. The number of thioether (sulfide) groups is 1. The van der Waals surface area contributed by atoms with E-state index in [4.69, 9.17) is 11.6 Å². The fraction of sp³-hybridized carbons (Fsp3) is 0.318. The number of carbonyl (C=O) groups is 1. The van der Waals surface area contributed by atoms with Crippen LogP contribution in [0.3, 0.4) is 0 Å². The van der Waals surface area contributed by atoms with Crippen molar-refractivity contribution in [3.8, 4) is 11.4 Å². The van der Waals surface area contributed by atoms with Crippen LogP contribution in [0.25, 0.3) is 11.4 Å². The zero-order chi connectivity index (χ0) is 21.1. The Hall–Kier alpha value is -2.38. The molecule has 0 bridgehead atoms. The van der Waals surface area contributed by atoms with Gasteiger partial charge >= 0.3 is 0 Å². The van der Waals surface area contributed by atoms with Crippen LogP contribution in [0.2, 0.25) is 5.02 Å². The van der Waals surface area contributed by atoms with Gasteiger partial charge in [-0.1, -0.05) is 60.5 Å².